The van der Waals surface area contributed by atoms with E-state index in [-0.39, 0.29) is 16.6 Å². The SMILES string of the molecule is CCOC(=O)CCCCCSc1ccccc1[N+](=O)[O-]. The lowest BCUT2D eigenvalue weighted by molar-refractivity contribution is -0.387. The molecule has 0 fully saturated rings. The fourth-order valence-corrected chi connectivity index (χ4v) is 2.73. The van der Waals surface area contributed by atoms with Crippen molar-refractivity contribution in [2.24, 2.45) is 0 Å². The van der Waals surface area contributed by atoms with Crippen molar-refractivity contribution in [3.8, 4) is 0 Å². The van der Waals surface area contributed by atoms with E-state index in [2.05, 4.69) is 0 Å². The van der Waals surface area contributed by atoms with Crippen LogP contribution >= 0.6 is 11.8 Å². The second-order valence-corrected chi connectivity index (χ2v) is 5.33. The van der Waals surface area contributed by atoms with Gasteiger partial charge in [0.05, 0.1) is 16.4 Å². The number of nitro groups is 1. The molecule has 0 aromatic heterocycles. The Kier molecular flexibility index (Phi) is 7.72. The van der Waals surface area contributed by atoms with Gasteiger partial charge in [0.2, 0.25) is 0 Å². The summed E-state index contributed by atoms with van der Waals surface area (Å²) in [4.78, 5) is 22.3. The first-order valence-corrected chi connectivity index (χ1v) is 7.65. The predicted octanol–water partition coefficient (Wildman–Crippen LogP) is 3.81. The fourth-order valence-electron chi connectivity index (χ4n) is 1.69. The van der Waals surface area contributed by atoms with E-state index < -0.39 is 0 Å². The van der Waals surface area contributed by atoms with Crippen molar-refractivity contribution in [2.45, 2.75) is 37.5 Å². The van der Waals surface area contributed by atoms with Gasteiger partial charge >= 0.3 is 5.97 Å². The van der Waals surface area contributed by atoms with Crippen molar-refractivity contribution in [1.29, 1.82) is 0 Å². The summed E-state index contributed by atoms with van der Waals surface area (Å²) in [6.45, 7) is 2.22. The number of carbonyl (C=O) groups is 1. The fraction of sp³-hybridized carbons (Fsp3) is 0.500. The summed E-state index contributed by atoms with van der Waals surface area (Å²) in [5.41, 5.74) is 0.157. The van der Waals surface area contributed by atoms with Crippen LogP contribution in [-0.4, -0.2) is 23.3 Å². The third kappa shape index (κ3) is 6.06. The Hall–Kier alpha value is -1.56. The summed E-state index contributed by atoms with van der Waals surface area (Å²) < 4.78 is 4.84. The van der Waals surface area contributed by atoms with Gasteiger partial charge in [-0.25, -0.2) is 0 Å². The van der Waals surface area contributed by atoms with Crippen LogP contribution in [0, 0.1) is 10.1 Å². The first kappa shape index (κ1) is 16.5. The zero-order valence-corrected chi connectivity index (χ0v) is 12.4. The highest BCUT2D eigenvalue weighted by Crippen LogP contribution is 2.29. The van der Waals surface area contributed by atoms with Crippen LogP contribution in [-0.2, 0) is 9.53 Å². The zero-order chi connectivity index (χ0) is 14.8. The van der Waals surface area contributed by atoms with Crippen molar-refractivity contribution in [3.63, 3.8) is 0 Å². The highest BCUT2D eigenvalue weighted by Gasteiger charge is 2.12. The first-order chi connectivity index (χ1) is 9.65. The van der Waals surface area contributed by atoms with Gasteiger partial charge in [-0.15, -0.1) is 11.8 Å². The second kappa shape index (κ2) is 9.36. The molecule has 0 N–H and O–H groups in total. The topological polar surface area (TPSA) is 69.4 Å². The Morgan fingerprint density at radius 3 is 2.75 bits per heavy atom. The van der Waals surface area contributed by atoms with Gasteiger partial charge in [-0.3, -0.25) is 14.9 Å². The highest BCUT2D eigenvalue weighted by molar-refractivity contribution is 7.99. The maximum Gasteiger partial charge on any atom is 0.305 e. The van der Waals surface area contributed by atoms with E-state index in [1.165, 1.54) is 17.8 Å². The van der Waals surface area contributed by atoms with Crippen molar-refractivity contribution < 1.29 is 14.5 Å². The van der Waals surface area contributed by atoms with Gasteiger partial charge in [-0.2, -0.15) is 0 Å². The van der Waals surface area contributed by atoms with Crippen LogP contribution in [0.3, 0.4) is 0 Å². The molecular formula is C14H19NO4S. The third-order valence-corrected chi connectivity index (χ3v) is 3.80. The average molecular weight is 297 g/mol. The van der Waals surface area contributed by atoms with Crippen LogP contribution < -0.4 is 0 Å². The van der Waals surface area contributed by atoms with Crippen LogP contribution in [0.2, 0.25) is 0 Å². The number of carbonyl (C=O) groups excluding carboxylic acids is 1. The van der Waals surface area contributed by atoms with Crippen molar-refractivity contribution in [1.82, 2.24) is 0 Å². The molecule has 0 aliphatic heterocycles. The van der Waals surface area contributed by atoms with Crippen LogP contribution in [0.15, 0.2) is 29.2 Å². The standard InChI is InChI=1S/C14H19NO4S/c1-2-19-14(16)10-4-3-7-11-20-13-9-6-5-8-12(13)15(17)18/h5-6,8-9H,2-4,7,10-11H2,1H3. The normalized spacial score (nSPS) is 10.2. The van der Waals surface area contributed by atoms with Crippen LogP contribution in [0.25, 0.3) is 0 Å². The van der Waals surface area contributed by atoms with Crippen LogP contribution in [0.1, 0.15) is 32.6 Å². The number of rotatable bonds is 9. The molecule has 6 heteroatoms. The Morgan fingerprint density at radius 1 is 1.30 bits per heavy atom. The van der Waals surface area contributed by atoms with Gasteiger partial charge in [-0.05, 0) is 31.6 Å². The van der Waals surface area contributed by atoms with Crippen molar-refractivity contribution in [2.75, 3.05) is 12.4 Å². The number of para-hydroxylation sites is 1. The number of hydrogen-bond donors (Lipinski definition) is 0. The number of thioether (sulfide) groups is 1. The van der Waals surface area contributed by atoms with E-state index in [1.807, 2.05) is 0 Å². The van der Waals surface area contributed by atoms with Crippen LogP contribution in [0.4, 0.5) is 5.69 Å². The van der Waals surface area contributed by atoms with Crippen molar-refractivity contribution >= 4 is 23.4 Å². The number of benzene rings is 1. The number of esters is 1. The smallest absolute Gasteiger partial charge is 0.305 e. The predicted molar refractivity (Wildman–Crippen MR) is 78.9 cm³/mol. The average Bonchev–Trinajstić information content (AvgIpc) is 2.43. The van der Waals surface area contributed by atoms with Crippen LogP contribution in [0.5, 0.6) is 0 Å². The first-order valence-electron chi connectivity index (χ1n) is 6.67. The molecule has 0 heterocycles. The summed E-state index contributed by atoms with van der Waals surface area (Å²) in [7, 11) is 0. The van der Waals surface area contributed by atoms with Gasteiger partial charge in [0.15, 0.2) is 0 Å². The Labute approximate surface area is 122 Å². The number of hydrogen-bond acceptors (Lipinski definition) is 5. The van der Waals surface area contributed by atoms with E-state index in [9.17, 15) is 14.9 Å². The van der Waals surface area contributed by atoms with E-state index in [4.69, 9.17) is 4.74 Å². The number of ether oxygens (including phenoxy) is 1. The van der Waals surface area contributed by atoms with Gasteiger partial charge in [0.1, 0.15) is 0 Å². The molecule has 0 aliphatic carbocycles. The lowest BCUT2D eigenvalue weighted by atomic mass is 10.2. The van der Waals surface area contributed by atoms with Gasteiger partial charge < -0.3 is 4.74 Å². The van der Waals surface area contributed by atoms with Gasteiger partial charge in [-0.1, -0.05) is 18.6 Å². The van der Waals surface area contributed by atoms with E-state index in [0.29, 0.717) is 17.9 Å². The molecule has 1 aromatic rings. The minimum absolute atomic E-state index is 0.154. The third-order valence-electron chi connectivity index (χ3n) is 2.65. The largest absolute Gasteiger partial charge is 0.466 e. The molecule has 5 nitrogen and oxygen atoms in total. The maximum atomic E-state index is 11.1. The lowest BCUT2D eigenvalue weighted by Crippen LogP contribution is -2.03. The summed E-state index contributed by atoms with van der Waals surface area (Å²) in [6.07, 6.45) is 3.10. The Balaban J connectivity index is 2.22. The van der Waals surface area contributed by atoms with Gasteiger partial charge in [0.25, 0.3) is 5.69 Å². The molecule has 0 spiro atoms. The molecule has 0 amide bonds. The quantitative estimate of drug-likeness (QED) is 0.228. The van der Waals surface area contributed by atoms with E-state index in [0.717, 1.165) is 25.0 Å². The summed E-state index contributed by atoms with van der Waals surface area (Å²) in [5, 5.41) is 10.8. The Bertz CT molecular complexity index is 451. The molecular weight excluding hydrogens is 278 g/mol. The van der Waals surface area contributed by atoms with E-state index in [1.54, 1.807) is 25.1 Å². The molecule has 0 aliphatic rings. The second-order valence-electron chi connectivity index (χ2n) is 4.19. The molecule has 0 saturated heterocycles. The van der Waals surface area contributed by atoms with Crippen molar-refractivity contribution in [3.05, 3.63) is 34.4 Å². The summed E-state index contributed by atoms with van der Waals surface area (Å²) in [5.74, 6) is 0.659. The summed E-state index contributed by atoms with van der Waals surface area (Å²) >= 11 is 1.49. The zero-order valence-electron chi connectivity index (χ0n) is 11.5. The molecule has 0 bridgehead atoms. The minimum Gasteiger partial charge on any atom is -0.466 e. The lowest BCUT2D eigenvalue weighted by Gasteiger charge is -2.03. The highest BCUT2D eigenvalue weighted by atomic mass is 32.2. The molecule has 0 radical (unpaired) electrons. The van der Waals surface area contributed by atoms with Gasteiger partial charge in [0, 0.05) is 12.5 Å². The molecule has 1 rings (SSSR count). The maximum absolute atomic E-state index is 11.1. The molecule has 0 atom stereocenters. The number of nitro benzene ring substituents is 1. The monoisotopic (exact) mass is 297 g/mol. The molecule has 0 saturated carbocycles. The summed E-state index contributed by atoms with van der Waals surface area (Å²) in [6, 6.07) is 6.75. The van der Waals surface area contributed by atoms with E-state index >= 15 is 0 Å². The number of unbranched alkanes of at least 4 members (excludes halogenated alkanes) is 2. The molecule has 20 heavy (non-hydrogen) atoms. The number of nitrogens with zero attached hydrogens (tertiary/aromatic N) is 1. The molecule has 0 unspecified atom stereocenters. The molecule has 110 valence electrons. The molecule has 1 aromatic carbocycles. The Morgan fingerprint density at radius 2 is 2.05 bits per heavy atom. The minimum atomic E-state index is -0.358.